The summed E-state index contributed by atoms with van der Waals surface area (Å²) in [5.41, 5.74) is 2.47. The van der Waals surface area contributed by atoms with Gasteiger partial charge in [-0.05, 0) is 53.7 Å². The highest BCUT2D eigenvalue weighted by molar-refractivity contribution is 7.85. The van der Waals surface area contributed by atoms with E-state index < -0.39 is 41.0 Å². The Labute approximate surface area is 236 Å². The van der Waals surface area contributed by atoms with Crippen molar-refractivity contribution in [3.63, 3.8) is 0 Å². The average Bonchev–Trinajstić information content (AvgIpc) is 3.70. The Bertz CT molecular complexity index is 1870. The lowest BCUT2D eigenvalue weighted by atomic mass is 9.96. The number of aromatic amines is 2. The van der Waals surface area contributed by atoms with Crippen molar-refractivity contribution in [2.24, 2.45) is 0 Å². The Morgan fingerprint density at radius 2 is 2.05 bits per heavy atom. The molecular weight excluding hydrogens is 543 g/mol. The van der Waals surface area contributed by atoms with Crippen LogP contribution in [0.4, 0.5) is 9.18 Å². The van der Waals surface area contributed by atoms with Crippen molar-refractivity contribution < 1.29 is 39.2 Å². The fourth-order valence-electron chi connectivity index (χ4n) is 4.77. The normalized spacial score (nSPS) is 19.3. The Hall–Kier alpha value is -4.01. The number of benzene rings is 2. The van der Waals surface area contributed by atoms with E-state index in [1.54, 1.807) is 28.0 Å². The first kappa shape index (κ1) is 21.8. The molecule has 0 saturated carbocycles. The van der Waals surface area contributed by atoms with Gasteiger partial charge in [0, 0.05) is 25.3 Å². The van der Waals surface area contributed by atoms with E-state index in [0.29, 0.717) is 72.5 Å². The number of nitrogens with one attached hydrogen (secondary N) is 2. The van der Waals surface area contributed by atoms with Crippen molar-refractivity contribution in [1.29, 1.82) is 0 Å². The van der Waals surface area contributed by atoms with Crippen LogP contribution in [0.2, 0.25) is 0 Å². The lowest BCUT2D eigenvalue weighted by molar-refractivity contribution is 0.145. The highest BCUT2D eigenvalue weighted by Crippen LogP contribution is 2.34. The molecule has 5 N–H and O–H groups in total. The van der Waals surface area contributed by atoms with Gasteiger partial charge in [0.05, 0.1) is 42.4 Å². The largest absolute Gasteiger partial charge is 0.505 e. The van der Waals surface area contributed by atoms with Gasteiger partial charge >= 0.3 is 6.03 Å². The number of likely N-dealkylation sites (tertiary alicyclic amines) is 1. The number of halogens is 1. The second kappa shape index (κ2) is 10.5. The van der Waals surface area contributed by atoms with E-state index in [9.17, 15) is 27.8 Å². The van der Waals surface area contributed by atoms with Crippen LogP contribution in [0.3, 0.4) is 0 Å². The lowest BCUT2D eigenvalue weighted by Gasteiger charge is -2.23. The molecule has 2 aliphatic heterocycles. The van der Waals surface area contributed by atoms with Gasteiger partial charge in [-0.25, -0.2) is 14.2 Å². The molecule has 0 aliphatic carbocycles. The van der Waals surface area contributed by atoms with Gasteiger partial charge < -0.3 is 25.0 Å². The molecule has 212 valence electrons. The molecule has 0 bridgehead atoms. The van der Waals surface area contributed by atoms with Gasteiger partial charge in [-0.2, -0.15) is 13.5 Å². The zero-order valence-electron chi connectivity index (χ0n) is 26.1. The summed E-state index contributed by atoms with van der Waals surface area (Å²) in [6.45, 7) is -1.55. The van der Waals surface area contributed by atoms with Crippen molar-refractivity contribution >= 4 is 27.1 Å². The summed E-state index contributed by atoms with van der Waals surface area (Å²) in [6, 6.07) is 6.45. The summed E-state index contributed by atoms with van der Waals surface area (Å²) in [5, 5.41) is 27.5. The molecule has 1 fully saturated rings. The Morgan fingerprint density at radius 1 is 1.27 bits per heavy atom. The second-order valence-corrected chi connectivity index (χ2v) is 11.0. The van der Waals surface area contributed by atoms with Crippen LogP contribution in [-0.2, 0) is 29.6 Å². The summed E-state index contributed by atoms with van der Waals surface area (Å²) in [6.07, 6.45) is -2.07. The number of carbonyl (C=O) groups excluding carboxylic acids is 1. The number of urea groups is 1. The molecule has 2 aliphatic rings. The third-order valence-corrected chi connectivity index (χ3v) is 6.58. The minimum Gasteiger partial charge on any atom is -0.505 e. The molecule has 4 heterocycles. The van der Waals surface area contributed by atoms with Crippen LogP contribution in [-0.4, -0.2) is 84.6 Å². The number of phenols is 1. The number of aromatic hydroxyl groups is 1. The lowest BCUT2D eigenvalue weighted by Crippen LogP contribution is -2.39. The molecule has 1 atom stereocenters. The fraction of sp³-hybridized carbons (Fsp3) is 0.346. The number of carbonyl (C=O) groups is 1. The number of aliphatic hydroxyl groups is 1. The summed E-state index contributed by atoms with van der Waals surface area (Å²) in [7, 11) is -3.67. The van der Waals surface area contributed by atoms with Gasteiger partial charge in [-0.1, -0.05) is 12.9 Å². The highest BCUT2D eigenvalue weighted by Gasteiger charge is 2.33. The summed E-state index contributed by atoms with van der Waals surface area (Å²) >= 11 is 0. The minimum atomic E-state index is -3.67. The molecule has 4 aromatic rings. The smallest absolute Gasteiger partial charge is 0.320 e. The monoisotopic (exact) mass is 577 g/mol. The minimum absolute atomic E-state index is 0.0123. The number of phenolic OH excluding ortho intramolecular Hbond substituents is 1. The number of fused-ring (bicyclic) bond motifs is 2. The van der Waals surface area contributed by atoms with E-state index in [4.69, 9.17) is 11.4 Å². The predicted molar refractivity (Wildman–Crippen MR) is 144 cm³/mol. The molecule has 2 aromatic heterocycles. The Balaban J connectivity index is 0.000000743. The first-order valence-electron chi connectivity index (χ1n) is 14.6. The standard InChI is InChI=1S/C25H25FN6O3.CH4O3S/c1-2-13-8-22(34)18(26)9-17(13)14-3-4-16-19(7-14)29-30-23(16)24-27-20-11-32(12-21(20)28-24)25(35)31-6-5-15(33)10-31;1-5(2,3)4/h3-4,7-9,15,33-34H,2,5-6,10-12H2,1H3,(H,27,28)(H,29,30);1H3,(H,2,3,4)/t15-;/m0./s1/i1D3,2D2;. The molecule has 0 radical (unpaired) electrons. The molecule has 40 heavy (non-hydrogen) atoms. The maximum Gasteiger partial charge on any atom is 0.320 e. The van der Waals surface area contributed by atoms with Crippen LogP contribution < -0.4 is 0 Å². The van der Waals surface area contributed by atoms with Crippen molar-refractivity contribution in [3.8, 4) is 28.4 Å². The molecule has 0 unspecified atom stereocenters. The number of aryl methyl sites for hydroxylation is 1. The quantitative estimate of drug-likeness (QED) is 0.231. The van der Waals surface area contributed by atoms with E-state index in [-0.39, 0.29) is 17.2 Å². The van der Waals surface area contributed by atoms with E-state index in [1.807, 2.05) is 0 Å². The number of aliphatic hydroxyl groups excluding tert-OH is 1. The van der Waals surface area contributed by atoms with Crippen LogP contribution in [0.5, 0.6) is 5.75 Å². The molecule has 12 nitrogen and oxygen atoms in total. The third-order valence-electron chi connectivity index (χ3n) is 6.58. The van der Waals surface area contributed by atoms with Crippen LogP contribution in [0.15, 0.2) is 30.3 Å². The number of imidazole rings is 1. The van der Waals surface area contributed by atoms with Crippen molar-refractivity contribution in [1.82, 2.24) is 30.0 Å². The molecule has 6 rings (SSSR count). The molecule has 14 heteroatoms. The summed E-state index contributed by atoms with van der Waals surface area (Å²) in [4.78, 5) is 23.9. The molecule has 0 spiro atoms. The Morgan fingerprint density at radius 3 is 2.73 bits per heavy atom. The van der Waals surface area contributed by atoms with Crippen molar-refractivity contribution in [2.75, 3.05) is 19.3 Å². The molecule has 2 amide bonds. The molecule has 2 aromatic carbocycles. The number of aromatic nitrogens is 4. The number of hydrogen-bond acceptors (Lipinski definition) is 7. The average molecular weight is 578 g/mol. The van der Waals surface area contributed by atoms with Gasteiger partial charge in [0.2, 0.25) is 0 Å². The number of nitrogens with zero attached hydrogens (tertiary/aromatic N) is 4. The van der Waals surface area contributed by atoms with Crippen molar-refractivity contribution in [2.45, 2.75) is 38.8 Å². The SMILES string of the molecule is CS(=O)(=O)O.[2H]C([2H])([2H])C([2H])([2H])c1cc(O)c(F)cc1-c1ccc2c(-c3nc4c([nH]3)CN(C(=O)N3CC[C@H](O)C3)C4)n[nH]c2c1. The van der Waals surface area contributed by atoms with Gasteiger partial charge in [-0.3, -0.25) is 9.65 Å². The highest BCUT2D eigenvalue weighted by atomic mass is 32.2. The maximum atomic E-state index is 14.3. The van der Waals surface area contributed by atoms with Gasteiger partial charge in [0.1, 0.15) is 5.69 Å². The number of hydrogen-bond donors (Lipinski definition) is 5. The zero-order chi connectivity index (χ0) is 33.1. The summed E-state index contributed by atoms with van der Waals surface area (Å²) < 4.78 is 79.5. The van der Waals surface area contributed by atoms with Crippen LogP contribution in [0.25, 0.3) is 33.5 Å². The van der Waals surface area contributed by atoms with E-state index in [1.165, 1.54) is 0 Å². The number of H-pyrrole nitrogens is 2. The second-order valence-electron chi connectivity index (χ2n) is 9.58. The maximum absolute atomic E-state index is 14.3. The number of amides is 2. The fourth-order valence-corrected chi connectivity index (χ4v) is 4.77. The first-order chi connectivity index (χ1) is 20.8. The van der Waals surface area contributed by atoms with Gasteiger partial charge in [0.15, 0.2) is 17.4 Å². The third kappa shape index (κ3) is 5.64. The van der Waals surface area contributed by atoms with E-state index in [2.05, 4.69) is 20.2 Å². The van der Waals surface area contributed by atoms with E-state index >= 15 is 0 Å². The van der Waals surface area contributed by atoms with Crippen LogP contribution in [0, 0.1) is 5.82 Å². The predicted octanol–water partition coefficient (Wildman–Crippen LogP) is 3.03. The number of rotatable bonds is 3. The van der Waals surface area contributed by atoms with Gasteiger partial charge in [-0.15, -0.1) is 0 Å². The summed E-state index contributed by atoms with van der Waals surface area (Å²) in [5.74, 6) is -1.37. The Kier molecular flexibility index (Phi) is 5.73. The molecular formula is C26H29FN6O6S. The van der Waals surface area contributed by atoms with E-state index in [0.717, 1.165) is 17.8 Å². The van der Waals surface area contributed by atoms with Crippen LogP contribution >= 0.6 is 0 Å². The van der Waals surface area contributed by atoms with Gasteiger partial charge in [0.25, 0.3) is 10.1 Å². The topological polar surface area (TPSA) is 176 Å². The first-order valence-corrected chi connectivity index (χ1v) is 13.9. The van der Waals surface area contributed by atoms with Crippen molar-refractivity contribution in [3.05, 3.63) is 53.1 Å². The zero-order valence-corrected chi connectivity index (χ0v) is 22.0. The number of β-amino-alcohol motifs (C(OH)–C–C–N with tert-alkyl or cyclic N) is 1. The van der Waals surface area contributed by atoms with Crippen LogP contribution in [0.1, 0.15) is 37.1 Å². The molecule has 1 saturated heterocycles.